The van der Waals surface area contributed by atoms with Crippen LogP contribution in [0.3, 0.4) is 0 Å². The van der Waals surface area contributed by atoms with E-state index in [0.29, 0.717) is 18.7 Å². The van der Waals surface area contributed by atoms with Gasteiger partial charge in [0.2, 0.25) is 0 Å². The zero-order valence-corrected chi connectivity index (χ0v) is 10.6. The molecule has 18 heavy (non-hydrogen) atoms. The van der Waals surface area contributed by atoms with Gasteiger partial charge in [-0.25, -0.2) is 14.4 Å². The van der Waals surface area contributed by atoms with Gasteiger partial charge in [-0.05, 0) is 18.9 Å². The molecule has 1 heterocycles. The quantitative estimate of drug-likeness (QED) is 0.899. The van der Waals surface area contributed by atoms with E-state index in [-0.39, 0.29) is 11.6 Å². The average Bonchev–Trinajstić information content (AvgIpc) is 2.39. The smallest absolute Gasteiger partial charge is 0.186 e. The van der Waals surface area contributed by atoms with Gasteiger partial charge < -0.3 is 5.32 Å². The van der Waals surface area contributed by atoms with E-state index >= 15 is 0 Å². The highest BCUT2D eigenvalue weighted by atomic mass is 19.1. The number of hydrogen-bond donors (Lipinski definition) is 1. The number of rotatable bonds is 4. The predicted octanol–water partition coefficient (Wildman–Crippen LogP) is 3.10. The molecule has 0 atom stereocenters. The summed E-state index contributed by atoms with van der Waals surface area (Å²) in [6.45, 7) is 4.46. The molecule has 0 unspecified atom stereocenters. The molecule has 0 saturated heterocycles. The molecule has 94 valence electrons. The molecule has 0 radical (unpaired) electrons. The Morgan fingerprint density at radius 3 is 2.56 bits per heavy atom. The second-order valence-electron chi connectivity index (χ2n) is 4.18. The molecular formula is C14H16FN3. The standard InChI is InChI=1S/C14H16FN3/c1-3-12-13(15)14(18-9-17-12)16-8-11-6-4-10(2)5-7-11/h4-7,9H,3,8H2,1-2H3,(H,16,17,18). The monoisotopic (exact) mass is 245 g/mol. The lowest BCUT2D eigenvalue weighted by Crippen LogP contribution is -2.06. The van der Waals surface area contributed by atoms with Gasteiger partial charge in [-0.2, -0.15) is 0 Å². The average molecular weight is 245 g/mol. The van der Waals surface area contributed by atoms with Crippen molar-refractivity contribution in [1.82, 2.24) is 9.97 Å². The Hall–Kier alpha value is -1.97. The molecule has 0 aliphatic carbocycles. The summed E-state index contributed by atoms with van der Waals surface area (Å²) >= 11 is 0. The van der Waals surface area contributed by atoms with Crippen LogP contribution in [0.15, 0.2) is 30.6 Å². The third-order valence-electron chi connectivity index (χ3n) is 2.78. The van der Waals surface area contributed by atoms with Crippen LogP contribution in [-0.4, -0.2) is 9.97 Å². The first-order chi connectivity index (χ1) is 8.70. The molecule has 1 N–H and O–H groups in total. The molecule has 0 aliphatic rings. The van der Waals surface area contributed by atoms with Crippen LogP contribution in [0.1, 0.15) is 23.7 Å². The summed E-state index contributed by atoms with van der Waals surface area (Å²) in [5, 5.41) is 3.00. The number of benzene rings is 1. The summed E-state index contributed by atoms with van der Waals surface area (Å²) in [5.41, 5.74) is 2.74. The van der Waals surface area contributed by atoms with E-state index in [1.165, 1.54) is 11.9 Å². The maximum absolute atomic E-state index is 13.9. The Morgan fingerprint density at radius 2 is 1.89 bits per heavy atom. The van der Waals surface area contributed by atoms with Crippen molar-refractivity contribution in [2.45, 2.75) is 26.8 Å². The fraction of sp³-hybridized carbons (Fsp3) is 0.286. The van der Waals surface area contributed by atoms with Crippen LogP contribution in [0.4, 0.5) is 10.2 Å². The van der Waals surface area contributed by atoms with Crippen molar-refractivity contribution in [1.29, 1.82) is 0 Å². The molecule has 4 heteroatoms. The number of hydrogen-bond acceptors (Lipinski definition) is 3. The van der Waals surface area contributed by atoms with Gasteiger partial charge in [0.05, 0.1) is 5.69 Å². The lowest BCUT2D eigenvalue weighted by atomic mass is 10.1. The highest BCUT2D eigenvalue weighted by Crippen LogP contribution is 2.14. The number of halogens is 1. The van der Waals surface area contributed by atoms with Gasteiger partial charge in [0.15, 0.2) is 11.6 Å². The summed E-state index contributed by atoms with van der Waals surface area (Å²) in [6.07, 6.45) is 1.95. The van der Waals surface area contributed by atoms with E-state index in [4.69, 9.17) is 0 Å². The van der Waals surface area contributed by atoms with E-state index in [1.54, 1.807) is 0 Å². The molecule has 2 aromatic rings. The van der Waals surface area contributed by atoms with Crippen molar-refractivity contribution in [2.24, 2.45) is 0 Å². The molecule has 3 nitrogen and oxygen atoms in total. The van der Waals surface area contributed by atoms with Crippen molar-refractivity contribution in [3.8, 4) is 0 Å². The highest BCUT2D eigenvalue weighted by Gasteiger charge is 2.08. The number of aromatic nitrogens is 2. The first-order valence-corrected chi connectivity index (χ1v) is 5.99. The van der Waals surface area contributed by atoms with Crippen LogP contribution in [-0.2, 0) is 13.0 Å². The Labute approximate surface area is 106 Å². The lowest BCUT2D eigenvalue weighted by molar-refractivity contribution is 0.596. The van der Waals surface area contributed by atoms with Crippen LogP contribution >= 0.6 is 0 Å². The van der Waals surface area contributed by atoms with Crippen molar-refractivity contribution in [3.05, 3.63) is 53.2 Å². The third kappa shape index (κ3) is 2.83. The summed E-state index contributed by atoms with van der Waals surface area (Å²) < 4.78 is 13.9. The van der Waals surface area contributed by atoms with Gasteiger partial charge in [-0.3, -0.25) is 0 Å². The van der Waals surface area contributed by atoms with Crippen LogP contribution in [0.2, 0.25) is 0 Å². The maximum atomic E-state index is 13.9. The molecule has 0 bridgehead atoms. The van der Waals surface area contributed by atoms with Gasteiger partial charge in [0.1, 0.15) is 6.33 Å². The van der Waals surface area contributed by atoms with Crippen molar-refractivity contribution in [3.63, 3.8) is 0 Å². The largest absolute Gasteiger partial charge is 0.363 e. The molecule has 1 aromatic heterocycles. The topological polar surface area (TPSA) is 37.8 Å². The fourth-order valence-electron chi connectivity index (χ4n) is 1.67. The Bertz CT molecular complexity index is 523. The van der Waals surface area contributed by atoms with Gasteiger partial charge >= 0.3 is 0 Å². The van der Waals surface area contributed by atoms with E-state index in [9.17, 15) is 4.39 Å². The lowest BCUT2D eigenvalue weighted by Gasteiger charge is -2.08. The van der Waals surface area contributed by atoms with Gasteiger partial charge in [0.25, 0.3) is 0 Å². The van der Waals surface area contributed by atoms with Crippen molar-refractivity contribution >= 4 is 5.82 Å². The molecule has 0 saturated carbocycles. The van der Waals surface area contributed by atoms with Gasteiger partial charge in [0, 0.05) is 6.54 Å². The summed E-state index contributed by atoms with van der Waals surface area (Å²) in [6, 6.07) is 8.10. The fourth-order valence-corrected chi connectivity index (χ4v) is 1.67. The number of anilines is 1. The van der Waals surface area contributed by atoms with Crippen LogP contribution in [0, 0.1) is 12.7 Å². The second kappa shape index (κ2) is 5.58. The van der Waals surface area contributed by atoms with E-state index < -0.39 is 0 Å². The molecule has 1 aromatic carbocycles. The molecule has 0 amide bonds. The Morgan fingerprint density at radius 1 is 1.17 bits per heavy atom. The normalized spacial score (nSPS) is 10.4. The van der Waals surface area contributed by atoms with E-state index in [2.05, 4.69) is 15.3 Å². The summed E-state index contributed by atoms with van der Waals surface area (Å²) in [4.78, 5) is 7.82. The van der Waals surface area contributed by atoms with Gasteiger partial charge in [-0.1, -0.05) is 36.8 Å². The molecule has 2 rings (SSSR count). The van der Waals surface area contributed by atoms with E-state index in [1.807, 2.05) is 38.1 Å². The number of aryl methyl sites for hydroxylation is 2. The SMILES string of the molecule is CCc1ncnc(NCc2ccc(C)cc2)c1F. The molecular weight excluding hydrogens is 229 g/mol. The van der Waals surface area contributed by atoms with Crippen LogP contribution < -0.4 is 5.32 Å². The Kier molecular flexibility index (Phi) is 3.87. The molecule has 0 fully saturated rings. The van der Waals surface area contributed by atoms with Gasteiger partial charge in [-0.15, -0.1) is 0 Å². The zero-order valence-electron chi connectivity index (χ0n) is 10.6. The Balaban J connectivity index is 2.08. The van der Waals surface area contributed by atoms with Crippen molar-refractivity contribution < 1.29 is 4.39 Å². The summed E-state index contributed by atoms with van der Waals surface area (Å²) in [5.74, 6) is -0.0884. The maximum Gasteiger partial charge on any atom is 0.186 e. The van der Waals surface area contributed by atoms with Crippen LogP contribution in [0.25, 0.3) is 0 Å². The zero-order chi connectivity index (χ0) is 13.0. The van der Waals surface area contributed by atoms with E-state index in [0.717, 1.165) is 5.56 Å². The first kappa shape index (κ1) is 12.5. The number of nitrogens with one attached hydrogen (secondary N) is 1. The van der Waals surface area contributed by atoms with Crippen LogP contribution in [0.5, 0.6) is 0 Å². The minimum atomic E-state index is -0.355. The summed E-state index contributed by atoms with van der Waals surface area (Å²) in [7, 11) is 0. The minimum Gasteiger partial charge on any atom is -0.363 e. The predicted molar refractivity (Wildman–Crippen MR) is 69.9 cm³/mol. The second-order valence-corrected chi connectivity index (χ2v) is 4.18. The first-order valence-electron chi connectivity index (χ1n) is 5.99. The third-order valence-corrected chi connectivity index (χ3v) is 2.78. The number of nitrogens with zero attached hydrogens (tertiary/aromatic N) is 2. The molecule has 0 aliphatic heterocycles. The highest BCUT2D eigenvalue weighted by molar-refractivity contribution is 5.38. The molecule has 0 spiro atoms. The minimum absolute atomic E-state index is 0.266. The van der Waals surface area contributed by atoms with Crippen molar-refractivity contribution in [2.75, 3.05) is 5.32 Å².